The highest BCUT2D eigenvalue weighted by molar-refractivity contribution is 6.30. The van der Waals surface area contributed by atoms with Crippen molar-refractivity contribution in [1.82, 2.24) is 5.32 Å². The topological polar surface area (TPSA) is 61.4 Å². The number of ketones is 1. The van der Waals surface area contributed by atoms with E-state index in [1.807, 2.05) is 50.2 Å². The molecule has 0 saturated carbocycles. The number of carbonyl (C=O) groups excluding carboxylic acids is 2. The number of nitrogens with one attached hydrogen (secondary N) is 2. The van der Waals surface area contributed by atoms with E-state index in [1.54, 1.807) is 17.0 Å². The molecule has 3 aromatic carbocycles. The predicted octanol–water partition coefficient (Wildman–Crippen LogP) is 6.59. The Balaban J connectivity index is 1.53. The molecule has 2 aliphatic rings. The lowest BCUT2D eigenvalue weighted by Crippen LogP contribution is -2.42. The molecule has 1 atom stereocenters. The lowest BCUT2D eigenvalue weighted by atomic mass is 9.73. The average Bonchev–Trinajstić information content (AvgIpc) is 2.99. The van der Waals surface area contributed by atoms with Gasteiger partial charge in [0.2, 0.25) is 5.91 Å². The molecule has 0 aromatic heterocycles. The number of rotatable bonds is 6. The van der Waals surface area contributed by atoms with Crippen LogP contribution in [0.3, 0.4) is 0 Å². The number of hydrogen-bond acceptors (Lipinski definition) is 4. The standard InChI is InChI=1S/C31H30ClF2N3O2/c1-31(2)16-25-29(27(38)17-31)30(22-12-11-21(33)15-23(22)34)37(26-6-4-3-5-24(26)36-25)18-28(39)35-14-13-19-7-9-20(32)10-8-19/h3-12,15,30,36H,13-14,16-18H2,1-2H3,(H,35,39). The molecule has 5 rings (SSSR count). The molecule has 5 nitrogen and oxygen atoms in total. The lowest BCUT2D eigenvalue weighted by Gasteiger charge is -2.38. The van der Waals surface area contributed by atoms with Gasteiger partial charge >= 0.3 is 0 Å². The number of anilines is 2. The predicted molar refractivity (Wildman–Crippen MR) is 150 cm³/mol. The van der Waals surface area contributed by atoms with Gasteiger partial charge in [-0.2, -0.15) is 0 Å². The van der Waals surface area contributed by atoms with E-state index < -0.39 is 17.7 Å². The van der Waals surface area contributed by atoms with Gasteiger partial charge in [0, 0.05) is 40.9 Å². The summed E-state index contributed by atoms with van der Waals surface area (Å²) >= 11 is 5.96. The Morgan fingerprint density at radius 3 is 2.56 bits per heavy atom. The molecule has 1 heterocycles. The van der Waals surface area contributed by atoms with Crippen LogP contribution in [0.5, 0.6) is 0 Å². The Morgan fingerprint density at radius 2 is 1.82 bits per heavy atom. The molecule has 39 heavy (non-hydrogen) atoms. The maximum absolute atomic E-state index is 15.4. The van der Waals surface area contributed by atoms with Crippen molar-refractivity contribution in [2.24, 2.45) is 5.41 Å². The molecular weight excluding hydrogens is 520 g/mol. The molecule has 1 aliphatic carbocycles. The van der Waals surface area contributed by atoms with Crippen LogP contribution in [0.1, 0.15) is 43.9 Å². The summed E-state index contributed by atoms with van der Waals surface area (Å²) in [5.41, 5.74) is 3.35. The number of carbonyl (C=O) groups is 2. The van der Waals surface area contributed by atoms with Crippen LogP contribution in [0.15, 0.2) is 78.0 Å². The molecule has 3 aromatic rings. The molecule has 0 bridgehead atoms. The van der Waals surface area contributed by atoms with E-state index in [4.69, 9.17) is 11.6 Å². The fourth-order valence-corrected chi connectivity index (χ4v) is 5.61. The van der Waals surface area contributed by atoms with Crippen LogP contribution in [0, 0.1) is 17.0 Å². The van der Waals surface area contributed by atoms with Gasteiger partial charge in [-0.1, -0.05) is 55.8 Å². The quantitative estimate of drug-likeness (QED) is 0.364. The van der Waals surface area contributed by atoms with Crippen LogP contribution in [-0.4, -0.2) is 24.8 Å². The first kappa shape index (κ1) is 26.9. The highest BCUT2D eigenvalue weighted by Gasteiger charge is 2.42. The van der Waals surface area contributed by atoms with Gasteiger partial charge in [0.1, 0.15) is 11.6 Å². The first-order valence-corrected chi connectivity index (χ1v) is 13.3. The summed E-state index contributed by atoms with van der Waals surface area (Å²) < 4.78 is 29.3. The highest BCUT2D eigenvalue weighted by Crippen LogP contribution is 2.48. The molecule has 1 amide bonds. The summed E-state index contributed by atoms with van der Waals surface area (Å²) in [6.45, 7) is 4.30. The SMILES string of the molecule is CC1(C)CC(=O)C2=C(C1)Nc1ccccc1N(CC(=O)NCCc1ccc(Cl)cc1)C2c1ccc(F)cc1F. The summed E-state index contributed by atoms with van der Waals surface area (Å²) in [6, 6.07) is 17.3. The maximum Gasteiger partial charge on any atom is 0.239 e. The molecular formula is C31H30ClF2N3O2. The third-order valence-electron chi connectivity index (χ3n) is 7.22. The first-order valence-electron chi connectivity index (χ1n) is 13.0. The lowest BCUT2D eigenvalue weighted by molar-refractivity contribution is -0.120. The number of amides is 1. The van der Waals surface area contributed by atoms with E-state index in [9.17, 15) is 14.0 Å². The number of hydrogen-bond donors (Lipinski definition) is 2. The first-order chi connectivity index (χ1) is 18.6. The van der Waals surface area contributed by atoms with Crippen molar-refractivity contribution in [2.45, 2.75) is 39.2 Å². The van der Waals surface area contributed by atoms with Gasteiger partial charge in [0.15, 0.2) is 5.78 Å². The van der Waals surface area contributed by atoms with E-state index in [-0.39, 0.29) is 35.6 Å². The van der Waals surface area contributed by atoms with Gasteiger partial charge < -0.3 is 15.5 Å². The van der Waals surface area contributed by atoms with Crippen LogP contribution in [0.4, 0.5) is 20.2 Å². The smallest absolute Gasteiger partial charge is 0.239 e. The van der Waals surface area contributed by atoms with Crippen LogP contribution in [-0.2, 0) is 16.0 Å². The van der Waals surface area contributed by atoms with E-state index >= 15 is 4.39 Å². The Hall–Kier alpha value is -3.71. The number of para-hydroxylation sites is 2. The van der Waals surface area contributed by atoms with E-state index in [1.165, 1.54) is 12.1 Å². The zero-order chi connectivity index (χ0) is 27.7. The van der Waals surface area contributed by atoms with Crippen molar-refractivity contribution in [2.75, 3.05) is 23.3 Å². The van der Waals surface area contributed by atoms with Gasteiger partial charge in [0.05, 0.1) is 24.0 Å². The Morgan fingerprint density at radius 1 is 1.08 bits per heavy atom. The molecule has 0 spiro atoms. The van der Waals surface area contributed by atoms with E-state index in [0.717, 1.165) is 17.3 Å². The van der Waals surface area contributed by atoms with E-state index in [2.05, 4.69) is 10.6 Å². The van der Waals surface area contributed by atoms with Gasteiger partial charge in [-0.3, -0.25) is 9.59 Å². The number of benzene rings is 3. The Kier molecular flexibility index (Phi) is 7.45. The van der Waals surface area contributed by atoms with Gasteiger partial charge in [-0.05, 0) is 54.2 Å². The summed E-state index contributed by atoms with van der Waals surface area (Å²) in [5.74, 6) is -1.88. The molecule has 202 valence electrons. The van der Waals surface area contributed by atoms with Crippen LogP contribution < -0.4 is 15.5 Å². The fourth-order valence-electron chi connectivity index (χ4n) is 5.48. The van der Waals surface area contributed by atoms with Gasteiger partial charge in [-0.15, -0.1) is 0 Å². The summed E-state index contributed by atoms with van der Waals surface area (Å²) in [6.07, 6.45) is 1.47. The second-order valence-corrected chi connectivity index (χ2v) is 11.3. The van der Waals surface area contributed by atoms with Crippen LogP contribution in [0.25, 0.3) is 0 Å². The highest BCUT2D eigenvalue weighted by atomic mass is 35.5. The largest absolute Gasteiger partial charge is 0.357 e. The van der Waals surface area contributed by atoms with Crippen molar-refractivity contribution in [1.29, 1.82) is 0 Å². The van der Waals surface area contributed by atoms with E-state index in [0.29, 0.717) is 41.4 Å². The summed E-state index contributed by atoms with van der Waals surface area (Å²) in [7, 11) is 0. The normalized spacial score (nSPS) is 18.1. The minimum absolute atomic E-state index is 0.122. The average molecular weight is 550 g/mol. The molecule has 0 fully saturated rings. The second kappa shape index (κ2) is 10.8. The fraction of sp³-hybridized carbons (Fsp3) is 0.290. The van der Waals surface area contributed by atoms with Crippen molar-refractivity contribution in [3.05, 3.63) is 106 Å². The Labute approximate surface area is 231 Å². The summed E-state index contributed by atoms with van der Waals surface area (Å²) in [4.78, 5) is 28.7. The molecule has 0 radical (unpaired) electrons. The summed E-state index contributed by atoms with van der Waals surface area (Å²) in [5, 5.41) is 7.02. The van der Waals surface area contributed by atoms with Crippen molar-refractivity contribution >= 4 is 34.7 Å². The number of nitrogens with zero attached hydrogens (tertiary/aromatic N) is 1. The number of allylic oxidation sites excluding steroid dienone is 1. The molecule has 1 aliphatic heterocycles. The third-order valence-corrected chi connectivity index (χ3v) is 7.48. The number of fused-ring (bicyclic) bond motifs is 1. The van der Waals surface area contributed by atoms with Crippen LogP contribution in [0.2, 0.25) is 5.02 Å². The van der Waals surface area contributed by atoms with Gasteiger partial charge in [-0.25, -0.2) is 8.78 Å². The number of halogens is 3. The Bertz CT molecular complexity index is 1450. The maximum atomic E-state index is 15.4. The molecule has 2 N–H and O–H groups in total. The second-order valence-electron chi connectivity index (χ2n) is 10.9. The number of Topliss-reactive ketones (excluding diaryl/α,β-unsaturated/α-hetero) is 1. The van der Waals surface area contributed by atoms with Crippen LogP contribution >= 0.6 is 11.6 Å². The van der Waals surface area contributed by atoms with Crippen molar-refractivity contribution < 1.29 is 18.4 Å². The molecule has 1 unspecified atom stereocenters. The van der Waals surface area contributed by atoms with Crippen molar-refractivity contribution in [3.63, 3.8) is 0 Å². The monoisotopic (exact) mass is 549 g/mol. The van der Waals surface area contributed by atoms with Crippen molar-refractivity contribution in [3.8, 4) is 0 Å². The minimum atomic E-state index is -0.914. The zero-order valence-corrected chi connectivity index (χ0v) is 22.6. The molecule has 8 heteroatoms. The molecule has 0 saturated heterocycles. The van der Waals surface area contributed by atoms with Gasteiger partial charge in [0.25, 0.3) is 0 Å². The third kappa shape index (κ3) is 5.83. The zero-order valence-electron chi connectivity index (χ0n) is 21.9. The minimum Gasteiger partial charge on any atom is -0.357 e.